The second-order valence-corrected chi connectivity index (χ2v) is 21.1. The third kappa shape index (κ3) is 9.38. The lowest BCUT2D eigenvalue weighted by Crippen LogP contribution is -2.13. The van der Waals surface area contributed by atoms with Crippen molar-refractivity contribution in [3.05, 3.63) is 167 Å². The van der Waals surface area contributed by atoms with E-state index in [0.717, 1.165) is 66.8 Å². The van der Waals surface area contributed by atoms with Crippen molar-refractivity contribution < 1.29 is 17.4 Å². The SMILES string of the molecule is [2H]C(C)(C)c1cc(-c2nc3c(-c4cc(-c5cc(-c6ccc(C(C)(C([2H])([2H])[2H])C([2H])([2H])[2H])cc6)ccn5)cc(C(C)(C)C)c4)cccc3n2-c2ccc(-c3ccccc3C(C)(C)C)c(C([2H])(C)C)c2)c(O)c(C([2H])(C)C)c1. The highest BCUT2D eigenvalue weighted by molar-refractivity contribution is 5.97. The Morgan fingerprint density at radius 2 is 1.22 bits per heavy atom. The average Bonchev–Trinajstić information content (AvgIpc) is 3.71. The number of imidazole rings is 1. The Kier molecular flexibility index (Phi) is 9.76. The molecule has 4 heteroatoms. The first-order chi connectivity index (χ1) is 34.9. The van der Waals surface area contributed by atoms with Crippen molar-refractivity contribution in [3.63, 3.8) is 0 Å². The van der Waals surface area contributed by atoms with E-state index < -0.39 is 36.8 Å². The van der Waals surface area contributed by atoms with E-state index in [1.165, 1.54) is 6.92 Å². The monoisotopic (exact) mass is 895 g/mol. The molecule has 2 aromatic heterocycles. The lowest BCUT2D eigenvalue weighted by molar-refractivity contribution is 0.466. The third-order valence-corrected chi connectivity index (χ3v) is 12.9. The van der Waals surface area contributed by atoms with Crippen molar-refractivity contribution in [2.24, 2.45) is 0 Å². The molecule has 0 aliphatic carbocycles. The van der Waals surface area contributed by atoms with Gasteiger partial charge in [0.05, 0.1) is 22.3 Å². The highest BCUT2D eigenvalue weighted by Gasteiger charge is 2.27. The summed E-state index contributed by atoms with van der Waals surface area (Å²) in [4.78, 5) is 10.4. The van der Waals surface area contributed by atoms with Gasteiger partial charge in [0.1, 0.15) is 11.6 Å². The molecule has 0 radical (unpaired) electrons. The number of fused-ring (bicyclic) bond motifs is 1. The highest BCUT2D eigenvalue weighted by Crippen LogP contribution is 2.45. The summed E-state index contributed by atoms with van der Waals surface area (Å²) in [6, 6.07) is 41.2. The molecule has 8 rings (SSSR count). The normalized spacial score (nSPS) is 15.4. The van der Waals surface area contributed by atoms with Crippen LogP contribution in [0.15, 0.2) is 134 Å². The summed E-state index contributed by atoms with van der Waals surface area (Å²) in [5.74, 6) is -3.04. The Bertz CT molecular complexity index is 3480. The van der Waals surface area contributed by atoms with E-state index in [4.69, 9.17) is 18.2 Å². The fourth-order valence-electron chi connectivity index (χ4n) is 9.07. The maximum Gasteiger partial charge on any atom is 0.149 e. The van der Waals surface area contributed by atoms with Crippen molar-refractivity contribution >= 4 is 11.0 Å². The zero-order valence-electron chi connectivity index (χ0n) is 50.5. The Balaban J connectivity index is 1.38. The van der Waals surface area contributed by atoms with Gasteiger partial charge in [-0.15, -0.1) is 0 Å². The van der Waals surface area contributed by atoms with Crippen molar-refractivity contribution in [1.82, 2.24) is 14.5 Å². The number of benzene rings is 6. The van der Waals surface area contributed by atoms with E-state index in [9.17, 15) is 9.22 Å². The largest absolute Gasteiger partial charge is 0.507 e. The van der Waals surface area contributed by atoms with E-state index in [2.05, 4.69) is 96.1 Å². The van der Waals surface area contributed by atoms with E-state index in [1.54, 1.807) is 64.2 Å². The molecular formula is C63H71N3O. The van der Waals surface area contributed by atoms with E-state index in [1.807, 2.05) is 60.9 Å². The van der Waals surface area contributed by atoms with E-state index >= 15 is 0 Å². The van der Waals surface area contributed by atoms with Crippen molar-refractivity contribution in [2.75, 3.05) is 0 Å². The molecular weight excluding hydrogens is 815 g/mol. The van der Waals surface area contributed by atoms with Crippen LogP contribution < -0.4 is 0 Å². The van der Waals surface area contributed by atoms with E-state index in [0.29, 0.717) is 33.7 Å². The van der Waals surface area contributed by atoms with Gasteiger partial charge in [0.2, 0.25) is 0 Å². The number of hydrogen-bond acceptors (Lipinski definition) is 3. The maximum absolute atomic E-state index is 12.4. The van der Waals surface area contributed by atoms with Crippen LogP contribution in [0.3, 0.4) is 0 Å². The van der Waals surface area contributed by atoms with Gasteiger partial charge in [-0.3, -0.25) is 9.55 Å². The number of hydrogen-bond donors (Lipinski definition) is 1. The fourth-order valence-corrected chi connectivity index (χ4v) is 9.07. The zero-order valence-corrected chi connectivity index (χ0v) is 41.5. The molecule has 8 aromatic rings. The van der Waals surface area contributed by atoms with Gasteiger partial charge in [-0.1, -0.05) is 183 Å². The van der Waals surface area contributed by atoms with Gasteiger partial charge in [0.15, 0.2) is 0 Å². The van der Waals surface area contributed by atoms with Crippen LogP contribution in [0.5, 0.6) is 5.75 Å². The van der Waals surface area contributed by atoms with Crippen LogP contribution >= 0.6 is 0 Å². The smallest absolute Gasteiger partial charge is 0.149 e. The van der Waals surface area contributed by atoms with Gasteiger partial charge in [0, 0.05) is 35.3 Å². The van der Waals surface area contributed by atoms with Gasteiger partial charge in [-0.05, 0) is 144 Å². The molecule has 0 atom stereocenters. The number of nitrogens with zero attached hydrogens (tertiary/aromatic N) is 3. The molecule has 0 aliphatic heterocycles. The van der Waals surface area contributed by atoms with Crippen molar-refractivity contribution in [3.8, 4) is 67.5 Å². The molecule has 0 fully saturated rings. The Morgan fingerprint density at radius 1 is 0.537 bits per heavy atom. The quantitative estimate of drug-likeness (QED) is 0.157. The first kappa shape index (κ1) is 36.8. The predicted octanol–water partition coefficient (Wildman–Crippen LogP) is 17.7. The van der Waals surface area contributed by atoms with Crippen molar-refractivity contribution in [1.29, 1.82) is 0 Å². The van der Waals surface area contributed by atoms with Gasteiger partial charge in [-0.25, -0.2) is 4.98 Å². The molecule has 0 bridgehead atoms. The van der Waals surface area contributed by atoms with Crippen LogP contribution in [-0.2, 0) is 16.2 Å². The molecule has 0 unspecified atom stereocenters. The van der Waals surface area contributed by atoms with Gasteiger partial charge in [-0.2, -0.15) is 0 Å². The Morgan fingerprint density at radius 3 is 1.88 bits per heavy atom. The van der Waals surface area contributed by atoms with E-state index in [-0.39, 0.29) is 22.1 Å². The fraction of sp³-hybridized carbons (Fsp3) is 0.333. The van der Waals surface area contributed by atoms with Crippen LogP contribution in [0.2, 0.25) is 0 Å². The Hall–Kier alpha value is -6.26. The maximum atomic E-state index is 12.4. The summed E-state index contributed by atoms with van der Waals surface area (Å²) in [6.07, 6.45) is 1.73. The second-order valence-electron chi connectivity index (χ2n) is 21.1. The molecule has 1 N–H and O–H groups in total. The molecule has 0 aliphatic rings. The molecule has 2 heterocycles. The molecule has 0 spiro atoms. The molecule has 0 saturated carbocycles. The summed E-state index contributed by atoms with van der Waals surface area (Å²) in [7, 11) is 0. The number of aromatic hydroxyl groups is 1. The van der Waals surface area contributed by atoms with Crippen LogP contribution in [0, 0.1) is 0 Å². The first-order valence-electron chi connectivity index (χ1n) is 27.8. The minimum Gasteiger partial charge on any atom is -0.507 e. The third-order valence-electron chi connectivity index (χ3n) is 12.9. The van der Waals surface area contributed by atoms with Crippen LogP contribution in [-0.4, -0.2) is 19.6 Å². The van der Waals surface area contributed by atoms with Gasteiger partial charge >= 0.3 is 0 Å². The zero-order chi connectivity index (χ0) is 56.1. The van der Waals surface area contributed by atoms with Gasteiger partial charge < -0.3 is 5.11 Å². The number of rotatable bonds is 9. The van der Waals surface area contributed by atoms with Gasteiger partial charge in [0.25, 0.3) is 0 Å². The number of pyridine rings is 1. The van der Waals surface area contributed by atoms with Crippen LogP contribution in [0.1, 0.15) is 167 Å². The van der Waals surface area contributed by atoms with Crippen LogP contribution in [0.4, 0.5) is 0 Å². The molecule has 67 heavy (non-hydrogen) atoms. The Labute approximate surface area is 413 Å². The summed E-state index contributed by atoms with van der Waals surface area (Å²) >= 11 is 0. The second kappa shape index (κ2) is 17.8. The number of aromatic nitrogens is 3. The molecule has 0 amide bonds. The lowest BCUT2D eigenvalue weighted by atomic mass is 9.80. The lowest BCUT2D eigenvalue weighted by Gasteiger charge is -2.25. The minimum atomic E-state index is -2.77. The number of para-hydroxylation sites is 1. The highest BCUT2D eigenvalue weighted by atomic mass is 16.3. The van der Waals surface area contributed by atoms with Crippen molar-refractivity contribution in [2.45, 2.75) is 138 Å². The summed E-state index contributed by atoms with van der Waals surface area (Å²) in [5, 5.41) is 12.4. The number of phenols is 1. The molecule has 0 saturated heterocycles. The van der Waals surface area contributed by atoms with Crippen LogP contribution in [0.25, 0.3) is 72.7 Å². The minimum absolute atomic E-state index is 0.0935. The first-order valence-corrected chi connectivity index (χ1v) is 23.3. The molecule has 6 aromatic carbocycles. The predicted molar refractivity (Wildman–Crippen MR) is 286 cm³/mol. The topological polar surface area (TPSA) is 50.9 Å². The summed E-state index contributed by atoms with van der Waals surface area (Å²) in [6.45, 7) is 19.6. The standard InChI is InChI=1S/C63H71N3O/c1-38(2)43-34-53(40(5)6)59(67)54(35-43)60-65-58-49(20-18-22-57(58)66(60)48-27-28-50(52(37-48)39(3)4)51-19-16-17-21-55(51)63(13,14)15)44-31-45(33-47(32-44)62(10,11)12)56-36-42(29-30-64-56)41-23-25-46(26-24-41)61(7,8)9/h16-40,67H,1-15H3/i7D3,8D3,38D,39D,40D. The average molecular weight is 895 g/mol. The summed E-state index contributed by atoms with van der Waals surface area (Å²) in [5.41, 5.74) is 10.9. The number of phenolic OH excluding ortho intramolecular Hbond substituents is 1. The molecule has 344 valence electrons. The molecule has 4 nitrogen and oxygen atoms in total. The summed E-state index contributed by atoms with van der Waals surface area (Å²) < 4.78 is 79.1.